The summed E-state index contributed by atoms with van der Waals surface area (Å²) in [5, 5.41) is 11.8. The zero-order valence-corrected chi connectivity index (χ0v) is 18.3. The lowest BCUT2D eigenvalue weighted by Gasteiger charge is -2.33. The van der Waals surface area contributed by atoms with E-state index in [-0.39, 0.29) is 11.7 Å². The lowest BCUT2D eigenvalue weighted by Crippen LogP contribution is -2.50. The third kappa shape index (κ3) is 4.96. The summed E-state index contributed by atoms with van der Waals surface area (Å²) in [7, 11) is -3.10. The van der Waals surface area contributed by atoms with Crippen molar-refractivity contribution in [3.8, 4) is 0 Å². The first-order chi connectivity index (χ1) is 13.9. The van der Waals surface area contributed by atoms with Crippen LogP contribution in [0.4, 0.5) is 0 Å². The summed E-state index contributed by atoms with van der Waals surface area (Å²) >= 11 is 0. The molecule has 0 atom stereocenters. The zero-order valence-electron chi connectivity index (χ0n) is 17.5. The maximum absolute atomic E-state index is 12.2. The Bertz CT molecular complexity index is 942. The number of fused-ring (bicyclic) bond motifs is 1. The summed E-state index contributed by atoms with van der Waals surface area (Å²) in [6, 6.07) is 0. The number of amides is 1. The molecule has 0 aliphatic carbocycles. The molecule has 1 saturated heterocycles. The highest BCUT2D eigenvalue weighted by atomic mass is 32.2. The SMILES string of the molecule is CCn1nc(C)c2c1cnn2CCC(=O)NCCN1CCN(S(=O)(=O)CC)CC1. The monoisotopic (exact) mass is 425 g/mol. The van der Waals surface area contributed by atoms with Crippen molar-refractivity contribution in [2.45, 2.75) is 40.3 Å². The second-order valence-corrected chi connectivity index (χ2v) is 9.50. The molecule has 2 aromatic heterocycles. The Kier molecular flexibility index (Phi) is 6.91. The minimum absolute atomic E-state index is 0.0126. The van der Waals surface area contributed by atoms with E-state index in [9.17, 15) is 13.2 Å². The second kappa shape index (κ2) is 9.23. The van der Waals surface area contributed by atoms with Gasteiger partial charge in [-0.25, -0.2) is 8.42 Å². The molecule has 0 unspecified atom stereocenters. The predicted octanol–water partition coefficient (Wildman–Crippen LogP) is 0.0347. The van der Waals surface area contributed by atoms with Crippen LogP contribution in [0.3, 0.4) is 0 Å². The van der Waals surface area contributed by atoms with E-state index in [1.165, 1.54) is 0 Å². The Morgan fingerprint density at radius 1 is 1.14 bits per heavy atom. The molecule has 0 aromatic carbocycles. The van der Waals surface area contributed by atoms with Crippen LogP contribution in [0.15, 0.2) is 6.20 Å². The van der Waals surface area contributed by atoms with Gasteiger partial charge >= 0.3 is 0 Å². The fourth-order valence-corrected chi connectivity index (χ4v) is 4.78. The first-order valence-electron chi connectivity index (χ1n) is 10.2. The topological polar surface area (TPSA) is 105 Å². The summed E-state index contributed by atoms with van der Waals surface area (Å²) in [6.07, 6.45) is 2.16. The van der Waals surface area contributed by atoms with Gasteiger partial charge in [-0.2, -0.15) is 14.5 Å². The molecule has 3 rings (SSSR count). The molecule has 3 heterocycles. The van der Waals surface area contributed by atoms with Crippen molar-refractivity contribution in [3.05, 3.63) is 11.9 Å². The number of sulfonamides is 1. The molecule has 0 radical (unpaired) electrons. The molecule has 162 valence electrons. The van der Waals surface area contributed by atoms with Crippen LogP contribution in [0.25, 0.3) is 11.0 Å². The van der Waals surface area contributed by atoms with Crippen molar-refractivity contribution in [2.75, 3.05) is 45.0 Å². The Morgan fingerprint density at radius 2 is 1.86 bits per heavy atom. The van der Waals surface area contributed by atoms with Gasteiger partial charge in [0.2, 0.25) is 15.9 Å². The standard InChI is InChI=1S/C18H31N7O3S/c1-4-24-16-14-20-25(18(16)15(3)21-24)8-6-17(26)19-7-9-22-10-12-23(13-11-22)29(27,28)5-2/h14H,4-13H2,1-3H3,(H,19,26). The molecular formula is C18H31N7O3S. The van der Waals surface area contributed by atoms with Gasteiger partial charge in [0.15, 0.2) is 0 Å². The number of hydrogen-bond acceptors (Lipinski definition) is 6. The number of piperazine rings is 1. The van der Waals surface area contributed by atoms with Crippen molar-refractivity contribution in [2.24, 2.45) is 0 Å². The molecule has 0 saturated carbocycles. The second-order valence-electron chi connectivity index (χ2n) is 7.24. The van der Waals surface area contributed by atoms with E-state index in [1.54, 1.807) is 17.4 Å². The summed E-state index contributed by atoms with van der Waals surface area (Å²) in [5.41, 5.74) is 2.90. The average molecular weight is 426 g/mol. The van der Waals surface area contributed by atoms with Crippen molar-refractivity contribution in [1.29, 1.82) is 0 Å². The average Bonchev–Trinajstić information content (AvgIpc) is 3.28. The molecule has 1 aliphatic heterocycles. The highest BCUT2D eigenvalue weighted by Crippen LogP contribution is 2.18. The van der Waals surface area contributed by atoms with Gasteiger partial charge < -0.3 is 5.32 Å². The largest absolute Gasteiger partial charge is 0.355 e. The summed E-state index contributed by atoms with van der Waals surface area (Å²) in [4.78, 5) is 14.4. The number of aromatic nitrogens is 4. The minimum Gasteiger partial charge on any atom is -0.355 e. The van der Waals surface area contributed by atoms with Crippen LogP contribution >= 0.6 is 0 Å². The molecular weight excluding hydrogens is 394 g/mol. The maximum Gasteiger partial charge on any atom is 0.221 e. The molecule has 1 N–H and O–H groups in total. The Hall–Kier alpha value is -1.98. The van der Waals surface area contributed by atoms with Gasteiger partial charge in [-0.15, -0.1) is 0 Å². The van der Waals surface area contributed by atoms with Crippen LogP contribution < -0.4 is 5.32 Å². The fourth-order valence-electron chi connectivity index (χ4n) is 3.69. The zero-order chi connectivity index (χ0) is 21.0. The van der Waals surface area contributed by atoms with Crippen molar-refractivity contribution >= 4 is 27.0 Å². The Morgan fingerprint density at radius 3 is 2.52 bits per heavy atom. The molecule has 10 nitrogen and oxygen atoms in total. The third-order valence-corrected chi connectivity index (χ3v) is 7.28. The quantitative estimate of drug-likeness (QED) is 0.608. The number of hydrogen-bond donors (Lipinski definition) is 1. The van der Waals surface area contributed by atoms with E-state index in [4.69, 9.17) is 0 Å². The van der Waals surface area contributed by atoms with Crippen LogP contribution in [0.5, 0.6) is 0 Å². The van der Waals surface area contributed by atoms with Crippen LogP contribution in [0.1, 0.15) is 26.0 Å². The lowest BCUT2D eigenvalue weighted by atomic mass is 10.3. The van der Waals surface area contributed by atoms with Crippen LogP contribution in [0.2, 0.25) is 0 Å². The van der Waals surface area contributed by atoms with E-state index in [2.05, 4.69) is 20.4 Å². The van der Waals surface area contributed by atoms with Crippen LogP contribution in [0, 0.1) is 6.92 Å². The minimum atomic E-state index is -3.10. The molecule has 2 aromatic rings. The number of rotatable bonds is 9. The van der Waals surface area contributed by atoms with E-state index >= 15 is 0 Å². The highest BCUT2D eigenvalue weighted by molar-refractivity contribution is 7.89. The van der Waals surface area contributed by atoms with Crippen LogP contribution in [-0.4, -0.2) is 88.1 Å². The maximum atomic E-state index is 12.2. The Labute approximate surface area is 171 Å². The summed E-state index contributed by atoms with van der Waals surface area (Å²) < 4.78 is 29.1. The number of carbonyl (C=O) groups is 1. The van der Waals surface area contributed by atoms with E-state index in [0.717, 1.165) is 29.8 Å². The van der Waals surface area contributed by atoms with E-state index < -0.39 is 10.0 Å². The summed E-state index contributed by atoms with van der Waals surface area (Å²) in [5.74, 6) is 0.131. The highest BCUT2D eigenvalue weighted by Gasteiger charge is 2.25. The number of nitrogens with zero attached hydrogens (tertiary/aromatic N) is 6. The molecule has 1 aliphatic rings. The van der Waals surface area contributed by atoms with Gasteiger partial charge in [0, 0.05) is 52.2 Å². The van der Waals surface area contributed by atoms with Crippen molar-refractivity contribution in [3.63, 3.8) is 0 Å². The van der Waals surface area contributed by atoms with Gasteiger partial charge in [0.05, 0.1) is 24.2 Å². The van der Waals surface area contributed by atoms with E-state index in [1.807, 2.05) is 23.2 Å². The van der Waals surface area contributed by atoms with Gasteiger partial charge in [0.25, 0.3) is 0 Å². The molecule has 1 amide bonds. The molecule has 11 heteroatoms. The lowest BCUT2D eigenvalue weighted by molar-refractivity contribution is -0.121. The van der Waals surface area contributed by atoms with Gasteiger partial charge in [-0.3, -0.25) is 19.1 Å². The number of carbonyl (C=O) groups excluding carboxylic acids is 1. The van der Waals surface area contributed by atoms with Gasteiger partial charge in [-0.05, 0) is 20.8 Å². The normalized spacial score (nSPS) is 16.5. The molecule has 0 bridgehead atoms. The van der Waals surface area contributed by atoms with Crippen molar-refractivity contribution < 1.29 is 13.2 Å². The first kappa shape index (κ1) is 21.7. The predicted molar refractivity (Wildman–Crippen MR) is 111 cm³/mol. The molecule has 1 fully saturated rings. The van der Waals surface area contributed by atoms with E-state index in [0.29, 0.717) is 45.7 Å². The molecule has 29 heavy (non-hydrogen) atoms. The first-order valence-corrected chi connectivity index (χ1v) is 11.8. The smallest absolute Gasteiger partial charge is 0.221 e. The number of nitrogens with one attached hydrogen (secondary N) is 1. The van der Waals surface area contributed by atoms with Gasteiger partial charge in [0.1, 0.15) is 11.0 Å². The van der Waals surface area contributed by atoms with Crippen molar-refractivity contribution in [1.82, 2.24) is 34.1 Å². The molecule has 0 spiro atoms. The summed E-state index contributed by atoms with van der Waals surface area (Å²) in [6.45, 7) is 10.7. The van der Waals surface area contributed by atoms with Gasteiger partial charge in [-0.1, -0.05) is 0 Å². The number of aryl methyl sites for hydroxylation is 3. The fraction of sp³-hybridized carbons (Fsp3) is 0.722. The third-order valence-electron chi connectivity index (χ3n) is 5.40. The van der Waals surface area contributed by atoms with Crippen LogP contribution in [-0.2, 0) is 27.9 Å². The Balaban J connectivity index is 1.40.